The molecule has 1 unspecified atom stereocenters. The van der Waals surface area contributed by atoms with Gasteiger partial charge in [-0.1, -0.05) is 6.07 Å². The molecular formula is C30H36N6O4. The Morgan fingerprint density at radius 1 is 1.12 bits per heavy atom. The van der Waals surface area contributed by atoms with Crippen molar-refractivity contribution >= 4 is 34.4 Å². The average molecular weight is 545 g/mol. The monoisotopic (exact) mass is 544 g/mol. The number of amides is 1. The van der Waals surface area contributed by atoms with Crippen LogP contribution in [0.3, 0.4) is 0 Å². The number of esters is 1. The average Bonchev–Trinajstić information content (AvgIpc) is 3.60. The number of fused-ring (bicyclic) bond motifs is 1. The van der Waals surface area contributed by atoms with Crippen LogP contribution < -0.4 is 10.6 Å². The van der Waals surface area contributed by atoms with Gasteiger partial charge in [-0.05, 0) is 68.7 Å². The summed E-state index contributed by atoms with van der Waals surface area (Å²) in [6.07, 6.45) is 1.65. The molecule has 1 aliphatic heterocycles. The summed E-state index contributed by atoms with van der Waals surface area (Å²) in [7, 11) is 1.95. The molecule has 1 saturated heterocycles. The SMILES string of the molecule is CCOC(=O)CC(=O)CNCC(C)(C(=O)N1CCCC1)c1ccc2c(c1)nc(CNc1ccc(C#N)cc1)n2C. The smallest absolute Gasteiger partial charge is 0.313 e. The molecule has 0 radical (unpaired) electrons. The van der Waals surface area contributed by atoms with E-state index in [1.54, 1.807) is 19.1 Å². The number of ether oxygens (including phenoxy) is 1. The van der Waals surface area contributed by atoms with E-state index in [0.29, 0.717) is 25.2 Å². The van der Waals surface area contributed by atoms with Crippen molar-refractivity contribution in [3.05, 3.63) is 59.4 Å². The summed E-state index contributed by atoms with van der Waals surface area (Å²) in [5.41, 5.74) is 3.09. The van der Waals surface area contributed by atoms with Gasteiger partial charge in [-0.15, -0.1) is 0 Å². The first-order valence-electron chi connectivity index (χ1n) is 13.6. The van der Waals surface area contributed by atoms with Gasteiger partial charge in [0.05, 0.1) is 47.8 Å². The van der Waals surface area contributed by atoms with Crippen molar-refractivity contribution < 1.29 is 19.1 Å². The van der Waals surface area contributed by atoms with Crippen LogP contribution in [0.4, 0.5) is 5.69 Å². The molecule has 0 bridgehead atoms. The lowest BCUT2D eigenvalue weighted by molar-refractivity contribution is -0.145. The predicted octanol–water partition coefficient (Wildman–Crippen LogP) is 3.05. The fourth-order valence-corrected chi connectivity index (χ4v) is 5.05. The highest BCUT2D eigenvalue weighted by Crippen LogP contribution is 2.30. The number of imidazole rings is 1. The van der Waals surface area contributed by atoms with E-state index in [9.17, 15) is 14.4 Å². The van der Waals surface area contributed by atoms with Crippen LogP contribution in [-0.4, -0.2) is 64.9 Å². The third kappa shape index (κ3) is 6.49. The van der Waals surface area contributed by atoms with E-state index < -0.39 is 11.4 Å². The molecule has 2 heterocycles. The molecule has 40 heavy (non-hydrogen) atoms. The lowest BCUT2D eigenvalue weighted by Gasteiger charge is -2.33. The van der Waals surface area contributed by atoms with Crippen molar-refractivity contribution in [1.29, 1.82) is 5.26 Å². The van der Waals surface area contributed by atoms with Gasteiger partial charge in [0, 0.05) is 32.4 Å². The summed E-state index contributed by atoms with van der Waals surface area (Å²) >= 11 is 0. The van der Waals surface area contributed by atoms with E-state index in [1.807, 2.05) is 53.8 Å². The number of nitrogens with zero attached hydrogens (tertiary/aromatic N) is 4. The number of carbonyl (C=O) groups excluding carboxylic acids is 3. The molecular weight excluding hydrogens is 508 g/mol. The summed E-state index contributed by atoms with van der Waals surface area (Å²) < 4.78 is 6.88. The third-order valence-electron chi connectivity index (χ3n) is 7.39. The van der Waals surface area contributed by atoms with Crippen LogP contribution in [0.2, 0.25) is 0 Å². The first-order chi connectivity index (χ1) is 19.2. The number of anilines is 1. The van der Waals surface area contributed by atoms with Gasteiger partial charge in [0.1, 0.15) is 12.2 Å². The number of aryl methyl sites for hydroxylation is 1. The first kappa shape index (κ1) is 28.8. The fourth-order valence-electron chi connectivity index (χ4n) is 5.05. The lowest BCUT2D eigenvalue weighted by Crippen LogP contribution is -2.50. The minimum atomic E-state index is -0.929. The zero-order valence-electron chi connectivity index (χ0n) is 23.3. The predicted molar refractivity (Wildman–Crippen MR) is 151 cm³/mol. The Hall–Kier alpha value is -4.23. The van der Waals surface area contributed by atoms with Gasteiger partial charge >= 0.3 is 5.97 Å². The number of aromatic nitrogens is 2. The number of rotatable bonds is 12. The molecule has 4 rings (SSSR count). The highest BCUT2D eigenvalue weighted by atomic mass is 16.5. The van der Waals surface area contributed by atoms with Crippen LogP contribution in [0, 0.1) is 11.3 Å². The second-order valence-electron chi connectivity index (χ2n) is 10.3. The highest BCUT2D eigenvalue weighted by molar-refractivity contribution is 5.96. The molecule has 10 nitrogen and oxygen atoms in total. The van der Waals surface area contributed by atoms with Gasteiger partial charge in [0.2, 0.25) is 5.91 Å². The molecule has 0 aliphatic carbocycles. The summed E-state index contributed by atoms with van der Waals surface area (Å²) in [5.74, 6) is 0.00406. The van der Waals surface area contributed by atoms with E-state index in [2.05, 4.69) is 16.7 Å². The van der Waals surface area contributed by atoms with Gasteiger partial charge in [0.15, 0.2) is 5.78 Å². The minimum Gasteiger partial charge on any atom is -0.466 e. The van der Waals surface area contributed by atoms with Crippen LogP contribution in [0.15, 0.2) is 42.5 Å². The summed E-state index contributed by atoms with van der Waals surface area (Å²) in [4.78, 5) is 44.5. The summed E-state index contributed by atoms with van der Waals surface area (Å²) in [5, 5.41) is 15.5. The Balaban J connectivity index is 1.54. The molecule has 0 spiro atoms. The van der Waals surface area contributed by atoms with E-state index in [0.717, 1.165) is 41.0 Å². The second-order valence-corrected chi connectivity index (χ2v) is 10.3. The molecule has 1 aromatic heterocycles. The Morgan fingerprint density at radius 3 is 2.52 bits per heavy atom. The molecule has 2 N–H and O–H groups in total. The molecule has 1 atom stereocenters. The molecule has 0 saturated carbocycles. The van der Waals surface area contributed by atoms with E-state index in [1.165, 1.54) is 0 Å². The standard InChI is InChI=1S/C30H36N6O4/c1-4-40-28(38)16-24(37)18-32-20-30(2,29(39)36-13-5-6-14-36)22-9-12-26-25(15-22)34-27(35(26)3)19-33-23-10-7-21(17-31)8-11-23/h7-12,15,32-33H,4-6,13-14,16,18-20H2,1-3H3. The number of likely N-dealkylation sites (tertiary alicyclic amines) is 1. The van der Waals surface area contributed by atoms with Crippen LogP contribution >= 0.6 is 0 Å². The molecule has 1 amide bonds. The zero-order valence-corrected chi connectivity index (χ0v) is 23.3. The Kier molecular flexibility index (Phi) is 9.17. The maximum Gasteiger partial charge on any atom is 0.313 e. The Bertz CT molecular complexity index is 1420. The van der Waals surface area contributed by atoms with Crippen molar-refractivity contribution in [1.82, 2.24) is 19.8 Å². The van der Waals surface area contributed by atoms with Gasteiger partial charge in [-0.2, -0.15) is 5.26 Å². The van der Waals surface area contributed by atoms with Crippen molar-refractivity contribution in [3.8, 4) is 6.07 Å². The number of hydrogen-bond donors (Lipinski definition) is 2. The Morgan fingerprint density at radius 2 is 1.85 bits per heavy atom. The van der Waals surface area contributed by atoms with Crippen molar-refractivity contribution in [2.75, 3.05) is 38.1 Å². The topological polar surface area (TPSA) is 129 Å². The molecule has 2 aromatic carbocycles. The van der Waals surface area contributed by atoms with Crippen molar-refractivity contribution in [3.63, 3.8) is 0 Å². The lowest BCUT2D eigenvalue weighted by atomic mass is 9.80. The van der Waals surface area contributed by atoms with Gasteiger partial charge < -0.3 is 24.8 Å². The quantitative estimate of drug-likeness (QED) is 0.263. The normalized spacial score (nSPS) is 14.5. The van der Waals surface area contributed by atoms with E-state index in [4.69, 9.17) is 15.0 Å². The van der Waals surface area contributed by atoms with Gasteiger partial charge in [-0.3, -0.25) is 14.4 Å². The van der Waals surface area contributed by atoms with Crippen LogP contribution in [-0.2, 0) is 38.1 Å². The number of nitriles is 1. The highest BCUT2D eigenvalue weighted by Gasteiger charge is 2.39. The van der Waals surface area contributed by atoms with E-state index >= 15 is 0 Å². The largest absolute Gasteiger partial charge is 0.466 e. The number of benzene rings is 2. The molecule has 1 aliphatic rings. The fraction of sp³-hybridized carbons (Fsp3) is 0.433. The number of nitrogens with one attached hydrogen (secondary N) is 2. The maximum atomic E-state index is 13.8. The van der Waals surface area contributed by atoms with Crippen LogP contribution in [0.25, 0.3) is 11.0 Å². The van der Waals surface area contributed by atoms with Crippen LogP contribution in [0.5, 0.6) is 0 Å². The molecule has 1 fully saturated rings. The molecule has 3 aromatic rings. The summed E-state index contributed by atoms with van der Waals surface area (Å²) in [6.45, 7) is 5.95. The van der Waals surface area contributed by atoms with Crippen molar-refractivity contribution in [2.45, 2.75) is 45.1 Å². The minimum absolute atomic E-state index is 0.00771. The summed E-state index contributed by atoms with van der Waals surface area (Å²) in [6, 6.07) is 15.3. The molecule has 10 heteroatoms. The number of carbonyl (C=O) groups is 3. The van der Waals surface area contributed by atoms with Crippen molar-refractivity contribution in [2.24, 2.45) is 7.05 Å². The Labute approximate surface area is 234 Å². The number of hydrogen-bond acceptors (Lipinski definition) is 8. The zero-order chi connectivity index (χ0) is 28.7. The first-order valence-corrected chi connectivity index (χ1v) is 13.6. The maximum absolute atomic E-state index is 13.8. The number of Topliss-reactive ketones (excluding diaryl/α,β-unsaturated/α-hetero) is 1. The van der Waals surface area contributed by atoms with Crippen LogP contribution in [0.1, 0.15) is 50.1 Å². The van der Waals surface area contributed by atoms with E-state index in [-0.39, 0.29) is 37.8 Å². The van der Waals surface area contributed by atoms with Gasteiger partial charge in [0.25, 0.3) is 0 Å². The number of ketones is 1. The molecule has 210 valence electrons. The third-order valence-corrected chi connectivity index (χ3v) is 7.39. The van der Waals surface area contributed by atoms with Gasteiger partial charge in [-0.25, -0.2) is 4.98 Å². The second kappa shape index (κ2) is 12.7.